The monoisotopic (exact) mass is 136 g/mol. The number of rotatable bonds is 0. The van der Waals surface area contributed by atoms with Crippen LogP contribution in [0.2, 0.25) is 0 Å². The van der Waals surface area contributed by atoms with E-state index in [0.29, 0.717) is 0 Å². The van der Waals surface area contributed by atoms with Crippen LogP contribution in [0.1, 0.15) is 6.92 Å². The molecule has 0 aromatic heterocycles. The van der Waals surface area contributed by atoms with Gasteiger partial charge in [0.25, 0.3) is 0 Å². The molecule has 0 aliphatic heterocycles. The molecule has 0 saturated heterocycles. The molecule has 0 aromatic carbocycles. The minimum absolute atomic E-state index is 0.926. The van der Waals surface area contributed by atoms with E-state index < -0.39 is 11.9 Å². The average molecular weight is 136 g/mol. The Bertz CT molecular complexity index is 246. The first-order valence-corrected chi connectivity index (χ1v) is 2.36. The highest BCUT2D eigenvalue weighted by Gasteiger charge is 2.01. The Kier molecular flexibility index (Phi) is 3.44. The zero-order valence-corrected chi connectivity index (χ0v) is 5.30. The van der Waals surface area contributed by atoms with Crippen LogP contribution in [0.25, 0.3) is 0 Å². The summed E-state index contributed by atoms with van der Waals surface area (Å²) in [7, 11) is 0. The Labute approximate surface area is 58.4 Å². The lowest BCUT2D eigenvalue weighted by atomic mass is 10.6. The number of ether oxygens (including phenoxy) is 1. The van der Waals surface area contributed by atoms with Crippen molar-refractivity contribution in [1.82, 2.24) is 0 Å². The van der Waals surface area contributed by atoms with Gasteiger partial charge in [0.1, 0.15) is 0 Å². The molecule has 0 aromatic rings. The van der Waals surface area contributed by atoms with Crippen molar-refractivity contribution in [2.24, 2.45) is 0 Å². The van der Waals surface area contributed by atoms with Crippen LogP contribution in [0.5, 0.6) is 0 Å². The molecule has 0 fully saturated rings. The highest BCUT2D eigenvalue weighted by atomic mass is 16.6. The van der Waals surface area contributed by atoms with Gasteiger partial charge in [-0.1, -0.05) is 5.92 Å². The predicted octanol–water partition coefficient (Wildman–Crippen LogP) is -0.287. The summed E-state index contributed by atoms with van der Waals surface area (Å²) >= 11 is 0. The molecule has 0 aliphatic carbocycles. The summed E-state index contributed by atoms with van der Waals surface area (Å²) in [6, 6.07) is 0. The van der Waals surface area contributed by atoms with E-state index in [1.54, 1.807) is 5.92 Å². The fourth-order valence-electron chi connectivity index (χ4n) is 0.241. The van der Waals surface area contributed by atoms with Crippen LogP contribution in [0.15, 0.2) is 0 Å². The fourth-order valence-corrected chi connectivity index (χ4v) is 0.241. The summed E-state index contributed by atoms with van der Waals surface area (Å²) in [5, 5.41) is 0. The largest absolute Gasteiger partial charge is 0.392 e. The lowest BCUT2D eigenvalue weighted by molar-refractivity contribution is -0.151. The molecule has 0 aliphatic rings. The van der Waals surface area contributed by atoms with Crippen molar-refractivity contribution in [1.29, 1.82) is 0 Å². The first kappa shape index (κ1) is 8.26. The summed E-state index contributed by atoms with van der Waals surface area (Å²) in [4.78, 5) is 20.5. The van der Waals surface area contributed by atoms with Gasteiger partial charge in [-0.3, -0.25) is 0 Å². The van der Waals surface area contributed by atoms with Crippen molar-refractivity contribution in [3.63, 3.8) is 0 Å². The number of carbonyl (C=O) groups excluding carboxylic acids is 2. The third-order valence-corrected chi connectivity index (χ3v) is 0.530. The van der Waals surface area contributed by atoms with Gasteiger partial charge < -0.3 is 4.74 Å². The molecule has 50 valence electrons. The number of hydrogen-bond donors (Lipinski definition) is 0. The molecule has 0 N–H and O–H groups in total. The summed E-state index contributed by atoms with van der Waals surface area (Å²) in [6.45, 7) is 1.45. The van der Waals surface area contributed by atoms with E-state index in [2.05, 4.69) is 17.1 Å². The molecule has 0 spiro atoms. The molecule has 10 heavy (non-hydrogen) atoms. The molecule has 0 amide bonds. The third kappa shape index (κ3) is 3.29. The van der Waals surface area contributed by atoms with Crippen molar-refractivity contribution < 1.29 is 14.3 Å². The van der Waals surface area contributed by atoms with Crippen LogP contribution in [0, 0.1) is 24.2 Å². The third-order valence-electron chi connectivity index (χ3n) is 0.530. The number of carbonyl (C=O) groups is 2. The van der Waals surface area contributed by atoms with Crippen LogP contribution in [0.4, 0.5) is 0 Å². The van der Waals surface area contributed by atoms with Crippen molar-refractivity contribution in [3.05, 3.63) is 0 Å². The molecule has 0 unspecified atom stereocenters. The van der Waals surface area contributed by atoms with Crippen molar-refractivity contribution >= 4 is 11.9 Å². The van der Waals surface area contributed by atoms with Crippen LogP contribution in [-0.2, 0) is 14.3 Å². The quantitative estimate of drug-likeness (QED) is 0.199. The van der Waals surface area contributed by atoms with Crippen LogP contribution in [-0.4, -0.2) is 11.9 Å². The fraction of sp³-hybridized carbons (Fsp3) is 0.143. The molecule has 3 nitrogen and oxygen atoms in total. The minimum Gasteiger partial charge on any atom is -0.373 e. The van der Waals surface area contributed by atoms with Crippen LogP contribution >= 0.6 is 0 Å². The number of esters is 2. The SMILES string of the molecule is C#CC(=O)OC(=O)C#CC. The smallest absolute Gasteiger partial charge is 0.373 e. The second-order valence-corrected chi connectivity index (χ2v) is 1.20. The highest BCUT2D eigenvalue weighted by molar-refractivity contribution is 6.01. The van der Waals surface area contributed by atoms with Gasteiger partial charge >= 0.3 is 11.9 Å². The Morgan fingerprint density at radius 3 is 2.40 bits per heavy atom. The molecule has 0 rings (SSSR count). The predicted molar refractivity (Wildman–Crippen MR) is 33.4 cm³/mol. The molecule has 0 radical (unpaired) electrons. The summed E-state index contributed by atoms with van der Waals surface area (Å²) in [6.07, 6.45) is 4.59. The summed E-state index contributed by atoms with van der Waals surface area (Å²) in [5.74, 6) is 3.89. The van der Waals surface area contributed by atoms with Crippen molar-refractivity contribution in [2.75, 3.05) is 0 Å². The average Bonchev–Trinajstić information content (AvgIpc) is 1.88. The maximum atomic E-state index is 10.3. The molecule has 0 heterocycles. The summed E-state index contributed by atoms with van der Waals surface area (Å²) < 4.78 is 3.95. The van der Waals surface area contributed by atoms with Crippen LogP contribution < -0.4 is 0 Å². The Hall–Kier alpha value is -1.74. The van der Waals surface area contributed by atoms with Gasteiger partial charge in [-0.25, -0.2) is 9.59 Å². The first-order chi connectivity index (χ1) is 4.70. The Morgan fingerprint density at radius 2 is 2.00 bits per heavy atom. The second kappa shape index (κ2) is 4.17. The number of terminal acetylenes is 1. The van der Waals surface area contributed by atoms with E-state index in [1.807, 2.05) is 5.92 Å². The zero-order valence-electron chi connectivity index (χ0n) is 5.30. The van der Waals surface area contributed by atoms with Crippen molar-refractivity contribution in [2.45, 2.75) is 6.92 Å². The minimum atomic E-state index is -1.02. The van der Waals surface area contributed by atoms with Gasteiger partial charge in [-0.15, -0.1) is 6.42 Å². The van der Waals surface area contributed by atoms with Gasteiger partial charge in [0.05, 0.1) is 0 Å². The summed E-state index contributed by atoms with van der Waals surface area (Å²) in [5.41, 5.74) is 0. The van der Waals surface area contributed by atoms with Gasteiger partial charge in [0, 0.05) is 11.8 Å². The van der Waals surface area contributed by atoms with E-state index in [4.69, 9.17) is 0 Å². The van der Waals surface area contributed by atoms with Gasteiger partial charge in [0.2, 0.25) is 0 Å². The molecular formula is C7H4O3. The standard InChI is InChI=1S/C7H4O3/c1-3-5-7(9)10-6(8)4-2/h2H,1H3. The highest BCUT2D eigenvalue weighted by Crippen LogP contribution is 1.75. The maximum absolute atomic E-state index is 10.3. The lowest BCUT2D eigenvalue weighted by Gasteiger charge is -1.86. The molecule has 0 bridgehead atoms. The molecular weight excluding hydrogens is 132 g/mol. The Balaban J connectivity index is 3.92. The Morgan fingerprint density at radius 1 is 1.40 bits per heavy atom. The maximum Gasteiger partial charge on any atom is 0.392 e. The van der Waals surface area contributed by atoms with E-state index in [9.17, 15) is 9.59 Å². The second-order valence-electron chi connectivity index (χ2n) is 1.20. The lowest BCUT2D eigenvalue weighted by Crippen LogP contribution is -2.07. The zero-order chi connectivity index (χ0) is 7.98. The van der Waals surface area contributed by atoms with E-state index in [-0.39, 0.29) is 0 Å². The molecule has 3 heteroatoms. The number of hydrogen-bond acceptors (Lipinski definition) is 3. The first-order valence-electron chi connectivity index (χ1n) is 2.36. The van der Waals surface area contributed by atoms with E-state index >= 15 is 0 Å². The molecule has 0 atom stereocenters. The topological polar surface area (TPSA) is 43.4 Å². The molecule has 0 saturated carbocycles. The van der Waals surface area contributed by atoms with E-state index in [1.165, 1.54) is 6.92 Å². The van der Waals surface area contributed by atoms with Gasteiger partial charge in [-0.05, 0) is 6.92 Å². The van der Waals surface area contributed by atoms with Crippen LogP contribution in [0.3, 0.4) is 0 Å². The van der Waals surface area contributed by atoms with Gasteiger partial charge in [-0.2, -0.15) is 0 Å². The van der Waals surface area contributed by atoms with Gasteiger partial charge in [0.15, 0.2) is 0 Å². The normalized spacial score (nSPS) is 6.40. The van der Waals surface area contributed by atoms with E-state index in [0.717, 1.165) is 0 Å². The van der Waals surface area contributed by atoms with Crippen molar-refractivity contribution in [3.8, 4) is 24.2 Å².